The lowest BCUT2D eigenvalue weighted by atomic mass is 10.0. The summed E-state index contributed by atoms with van der Waals surface area (Å²) in [6, 6.07) is 2.88. The molecule has 1 aromatic rings. The molecule has 1 aliphatic rings. The minimum Gasteiger partial charge on any atom is -0.358 e. The molecule has 0 aromatic carbocycles. The summed E-state index contributed by atoms with van der Waals surface area (Å²) in [6.07, 6.45) is 2.66. The first-order valence-corrected chi connectivity index (χ1v) is 6.35. The molecule has 1 amide bonds. The Hall–Kier alpha value is -1.98. The van der Waals surface area contributed by atoms with Gasteiger partial charge in [-0.05, 0) is 36.2 Å². The Morgan fingerprint density at radius 1 is 1.37 bits per heavy atom. The van der Waals surface area contributed by atoms with Crippen LogP contribution in [0, 0.1) is 10.1 Å². The summed E-state index contributed by atoms with van der Waals surface area (Å²) < 4.78 is 0. The van der Waals surface area contributed by atoms with Crippen molar-refractivity contribution in [2.75, 3.05) is 4.90 Å². The second-order valence-electron chi connectivity index (χ2n) is 4.67. The van der Waals surface area contributed by atoms with E-state index in [1.54, 1.807) is 11.0 Å². The van der Waals surface area contributed by atoms with Crippen LogP contribution in [0.5, 0.6) is 0 Å². The lowest BCUT2D eigenvalue weighted by Gasteiger charge is -2.30. The van der Waals surface area contributed by atoms with Crippen molar-refractivity contribution in [1.82, 2.24) is 4.98 Å². The van der Waals surface area contributed by atoms with Crippen LogP contribution in [0.2, 0.25) is 0 Å². The first kappa shape index (κ1) is 15.1. The number of amides is 1. The third-order valence-corrected chi connectivity index (χ3v) is 2.98. The van der Waals surface area contributed by atoms with Gasteiger partial charge in [-0.25, -0.2) is 0 Å². The molecule has 0 saturated carbocycles. The molecular formula is C13H19N3O3. The van der Waals surface area contributed by atoms with Gasteiger partial charge in [-0.3, -0.25) is 4.79 Å². The van der Waals surface area contributed by atoms with Crippen molar-refractivity contribution in [2.45, 2.75) is 46.1 Å². The highest BCUT2D eigenvalue weighted by molar-refractivity contribution is 5.97. The second kappa shape index (κ2) is 5.77. The molecule has 0 unspecified atom stereocenters. The van der Waals surface area contributed by atoms with Crippen LogP contribution in [-0.4, -0.2) is 21.4 Å². The lowest BCUT2D eigenvalue weighted by molar-refractivity contribution is -0.389. The van der Waals surface area contributed by atoms with Crippen LogP contribution >= 0.6 is 0 Å². The Balaban J connectivity index is 0.000000861. The number of anilines is 1. The van der Waals surface area contributed by atoms with Crippen LogP contribution in [0.1, 0.15) is 40.5 Å². The fourth-order valence-corrected chi connectivity index (χ4v) is 2.09. The monoisotopic (exact) mass is 265 g/mol. The molecule has 0 bridgehead atoms. The van der Waals surface area contributed by atoms with Gasteiger partial charge in [-0.1, -0.05) is 13.8 Å². The lowest BCUT2D eigenvalue weighted by Crippen LogP contribution is -2.40. The first-order chi connectivity index (χ1) is 8.92. The van der Waals surface area contributed by atoms with Gasteiger partial charge in [0.25, 0.3) is 0 Å². The predicted molar refractivity (Wildman–Crippen MR) is 73.0 cm³/mol. The summed E-state index contributed by atoms with van der Waals surface area (Å²) in [6.45, 7) is 7.94. The van der Waals surface area contributed by atoms with Gasteiger partial charge in [-0.2, -0.15) is 0 Å². The van der Waals surface area contributed by atoms with Crippen molar-refractivity contribution in [3.8, 4) is 0 Å². The predicted octanol–water partition coefficient (Wildman–Crippen LogP) is 2.92. The number of hydrogen-bond donors (Lipinski definition) is 0. The maximum absolute atomic E-state index is 11.8. The van der Waals surface area contributed by atoms with Gasteiger partial charge in [0.1, 0.15) is 0 Å². The summed E-state index contributed by atoms with van der Waals surface area (Å²) >= 11 is 0. The summed E-state index contributed by atoms with van der Waals surface area (Å²) in [4.78, 5) is 27.1. The molecule has 19 heavy (non-hydrogen) atoms. The highest BCUT2D eigenvalue weighted by Gasteiger charge is 2.39. The van der Waals surface area contributed by atoms with Gasteiger partial charge in [0.2, 0.25) is 5.91 Å². The fraction of sp³-hybridized carbons (Fsp3) is 0.538. The van der Waals surface area contributed by atoms with E-state index in [2.05, 4.69) is 4.98 Å². The zero-order chi connectivity index (χ0) is 14.6. The van der Waals surface area contributed by atoms with E-state index >= 15 is 0 Å². The number of hydrogen-bond acceptors (Lipinski definition) is 4. The topological polar surface area (TPSA) is 76.3 Å². The average molecular weight is 265 g/mol. The van der Waals surface area contributed by atoms with E-state index in [0.717, 1.165) is 6.42 Å². The molecule has 0 atom stereocenters. The van der Waals surface area contributed by atoms with Crippen LogP contribution in [0.25, 0.3) is 0 Å². The van der Waals surface area contributed by atoms with Crippen molar-refractivity contribution in [1.29, 1.82) is 0 Å². The van der Waals surface area contributed by atoms with E-state index in [0.29, 0.717) is 12.1 Å². The number of pyridine rings is 1. The molecule has 0 N–H and O–H groups in total. The Kier molecular flexibility index (Phi) is 4.58. The number of rotatable bonds is 2. The Morgan fingerprint density at radius 3 is 2.37 bits per heavy atom. The molecule has 6 heteroatoms. The molecule has 0 aliphatic carbocycles. The summed E-state index contributed by atoms with van der Waals surface area (Å²) in [5, 5.41) is 10.5. The van der Waals surface area contributed by atoms with Crippen LogP contribution in [-0.2, 0) is 4.79 Å². The van der Waals surface area contributed by atoms with E-state index in [4.69, 9.17) is 0 Å². The van der Waals surface area contributed by atoms with Crippen molar-refractivity contribution >= 4 is 17.4 Å². The van der Waals surface area contributed by atoms with E-state index in [1.165, 1.54) is 12.3 Å². The van der Waals surface area contributed by atoms with E-state index in [1.807, 2.05) is 27.7 Å². The maximum atomic E-state index is 11.8. The Morgan fingerprint density at radius 2 is 2.00 bits per heavy atom. The van der Waals surface area contributed by atoms with E-state index in [-0.39, 0.29) is 17.3 Å². The number of nitro groups is 1. The molecule has 1 aliphatic heterocycles. The number of aromatic nitrogens is 1. The van der Waals surface area contributed by atoms with Gasteiger partial charge < -0.3 is 15.0 Å². The molecule has 2 rings (SSSR count). The second-order valence-corrected chi connectivity index (χ2v) is 4.67. The SMILES string of the molecule is CC.CC1(C)CCC(=O)N1c1ccc([N+](=O)[O-])nc1. The van der Waals surface area contributed by atoms with Crippen LogP contribution < -0.4 is 4.90 Å². The molecule has 0 radical (unpaired) electrons. The molecule has 1 aromatic heterocycles. The normalized spacial score (nSPS) is 16.8. The molecular weight excluding hydrogens is 246 g/mol. The van der Waals surface area contributed by atoms with Crippen LogP contribution in [0.3, 0.4) is 0 Å². The molecule has 0 spiro atoms. The molecule has 1 fully saturated rings. The van der Waals surface area contributed by atoms with E-state index < -0.39 is 4.92 Å². The minimum atomic E-state index is -0.555. The molecule has 104 valence electrons. The minimum absolute atomic E-state index is 0.0330. The summed E-state index contributed by atoms with van der Waals surface area (Å²) in [5.41, 5.74) is 0.359. The summed E-state index contributed by atoms with van der Waals surface area (Å²) in [5.74, 6) is -0.177. The Labute approximate surface area is 112 Å². The third-order valence-electron chi connectivity index (χ3n) is 2.98. The standard InChI is InChI=1S/C11H13N3O3.C2H6/c1-11(2)6-5-10(15)13(11)8-3-4-9(12-7-8)14(16)17;1-2/h3-4,7H,5-6H2,1-2H3;1-2H3. The summed E-state index contributed by atoms with van der Waals surface area (Å²) in [7, 11) is 0. The van der Waals surface area contributed by atoms with E-state index in [9.17, 15) is 14.9 Å². The van der Waals surface area contributed by atoms with Crippen molar-refractivity contribution in [3.05, 3.63) is 28.4 Å². The van der Waals surface area contributed by atoms with Gasteiger partial charge in [0.05, 0.1) is 5.69 Å². The smallest absolute Gasteiger partial charge is 0.358 e. The molecule has 2 heterocycles. The Bertz CT molecular complexity index is 469. The zero-order valence-corrected chi connectivity index (χ0v) is 11.7. The van der Waals surface area contributed by atoms with Gasteiger partial charge in [0.15, 0.2) is 6.20 Å². The fourth-order valence-electron chi connectivity index (χ4n) is 2.09. The largest absolute Gasteiger partial charge is 0.363 e. The zero-order valence-electron chi connectivity index (χ0n) is 11.7. The van der Waals surface area contributed by atoms with Gasteiger partial charge in [-0.15, -0.1) is 0 Å². The quantitative estimate of drug-likeness (QED) is 0.608. The molecule has 6 nitrogen and oxygen atoms in total. The van der Waals surface area contributed by atoms with Gasteiger partial charge in [0, 0.05) is 18.0 Å². The van der Waals surface area contributed by atoms with Crippen LogP contribution in [0.15, 0.2) is 18.3 Å². The molecule has 1 saturated heterocycles. The highest BCUT2D eigenvalue weighted by atomic mass is 16.6. The maximum Gasteiger partial charge on any atom is 0.363 e. The van der Waals surface area contributed by atoms with Crippen molar-refractivity contribution in [2.24, 2.45) is 0 Å². The van der Waals surface area contributed by atoms with Gasteiger partial charge >= 0.3 is 5.82 Å². The first-order valence-electron chi connectivity index (χ1n) is 6.35. The van der Waals surface area contributed by atoms with Crippen molar-refractivity contribution in [3.63, 3.8) is 0 Å². The third kappa shape index (κ3) is 3.07. The number of nitrogens with zero attached hydrogens (tertiary/aromatic N) is 3. The van der Waals surface area contributed by atoms with Crippen LogP contribution in [0.4, 0.5) is 11.5 Å². The average Bonchev–Trinajstić information content (AvgIpc) is 2.66. The van der Waals surface area contributed by atoms with Crippen molar-refractivity contribution < 1.29 is 9.72 Å². The highest BCUT2D eigenvalue weighted by Crippen LogP contribution is 2.34. The number of carbonyl (C=O) groups is 1. The number of carbonyl (C=O) groups excluding carboxylic acids is 1.